The van der Waals surface area contributed by atoms with Crippen LogP contribution in [0.2, 0.25) is 0 Å². The minimum Gasteiger partial charge on any atom is -0.462 e. The molecule has 1 aromatic carbocycles. The van der Waals surface area contributed by atoms with E-state index in [1.165, 1.54) is 28.9 Å². The second-order valence-corrected chi connectivity index (χ2v) is 10.4. The Labute approximate surface area is 221 Å². The number of carbonyl (C=O) groups is 4. The first-order chi connectivity index (χ1) is 17.9. The van der Waals surface area contributed by atoms with Crippen molar-refractivity contribution in [1.82, 2.24) is 5.43 Å². The van der Waals surface area contributed by atoms with Crippen molar-refractivity contribution >= 4 is 57.6 Å². The Kier molecular flexibility index (Phi) is 8.47. The lowest BCUT2D eigenvalue weighted by Crippen LogP contribution is -2.32. The van der Waals surface area contributed by atoms with Crippen LogP contribution in [0.4, 0.5) is 5.00 Å². The van der Waals surface area contributed by atoms with Crippen LogP contribution in [-0.4, -0.2) is 36.6 Å². The van der Waals surface area contributed by atoms with Crippen molar-refractivity contribution in [2.45, 2.75) is 33.1 Å². The third kappa shape index (κ3) is 6.49. The van der Waals surface area contributed by atoms with Gasteiger partial charge in [0.1, 0.15) is 15.6 Å². The van der Waals surface area contributed by atoms with Crippen LogP contribution in [0.25, 0.3) is 0 Å². The number of rotatable bonds is 7. The molecule has 1 atom stereocenters. The number of hydrogen-bond donors (Lipinski definition) is 2. The summed E-state index contributed by atoms with van der Waals surface area (Å²) in [7, 11) is 0. The Hall–Kier alpha value is -3.83. The molecule has 0 saturated carbocycles. The molecule has 0 fully saturated rings. The standard InChI is InChI=1S/C26H25N3O6S2/c1-3-34-26(33)21-18-11-6-15(2)13-20(18)37-24(21)28-22(30)23(31)29-27-14-16-7-9-17(10-8-16)35-25(32)19-5-4-12-36-19/h4-5,7-10,12,14-15H,3,6,11,13H2,1-2H3,(H,28,30)(H,29,31). The predicted molar refractivity (Wildman–Crippen MR) is 142 cm³/mol. The fraction of sp³-hybridized carbons (Fsp3) is 0.269. The molecular weight excluding hydrogens is 514 g/mol. The monoisotopic (exact) mass is 539 g/mol. The molecule has 1 unspecified atom stereocenters. The third-order valence-corrected chi connectivity index (χ3v) is 7.64. The Morgan fingerprint density at radius 1 is 1.11 bits per heavy atom. The number of thiophene rings is 2. The zero-order chi connectivity index (χ0) is 26.4. The average Bonchev–Trinajstić information content (AvgIpc) is 3.53. The number of carbonyl (C=O) groups excluding carboxylic acids is 4. The number of esters is 2. The summed E-state index contributed by atoms with van der Waals surface area (Å²) >= 11 is 2.59. The highest BCUT2D eigenvalue weighted by molar-refractivity contribution is 7.17. The van der Waals surface area contributed by atoms with Gasteiger partial charge in [-0.25, -0.2) is 15.0 Å². The van der Waals surface area contributed by atoms with Gasteiger partial charge in [0, 0.05) is 4.88 Å². The van der Waals surface area contributed by atoms with Crippen LogP contribution in [0.1, 0.15) is 56.3 Å². The molecular formula is C26H25N3O6S2. The molecule has 2 aromatic heterocycles. The molecule has 3 aromatic rings. The van der Waals surface area contributed by atoms with Crippen LogP contribution in [0.15, 0.2) is 46.9 Å². The van der Waals surface area contributed by atoms with Crippen molar-refractivity contribution in [2.24, 2.45) is 11.0 Å². The molecule has 192 valence electrons. The van der Waals surface area contributed by atoms with E-state index in [0.29, 0.717) is 32.7 Å². The predicted octanol–water partition coefficient (Wildman–Crippen LogP) is 4.42. The van der Waals surface area contributed by atoms with Gasteiger partial charge in [0.2, 0.25) is 0 Å². The van der Waals surface area contributed by atoms with Crippen LogP contribution in [0.5, 0.6) is 5.75 Å². The van der Waals surface area contributed by atoms with E-state index < -0.39 is 23.8 Å². The van der Waals surface area contributed by atoms with Gasteiger partial charge < -0.3 is 14.8 Å². The molecule has 4 rings (SSSR count). The summed E-state index contributed by atoms with van der Waals surface area (Å²) in [6.07, 6.45) is 3.83. The first-order valence-corrected chi connectivity index (χ1v) is 13.4. The van der Waals surface area contributed by atoms with Crippen LogP contribution in [0, 0.1) is 5.92 Å². The van der Waals surface area contributed by atoms with E-state index in [4.69, 9.17) is 9.47 Å². The topological polar surface area (TPSA) is 123 Å². The maximum atomic E-state index is 12.6. The Morgan fingerprint density at radius 3 is 2.59 bits per heavy atom. The minimum atomic E-state index is -0.979. The van der Waals surface area contributed by atoms with Gasteiger partial charge in [0.25, 0.3) is 0 Å². The largest absolute Gasteiger partial charge is 0.462 e. The fourth-order valence-corrected chi connectivity index (χ4v) is 5.80. The molecule has 2 heterocycles. The molecule has 37 heavy (non-hydrogen) atoms. The van der Waals surface area contributed by atoms with Gasteiger partial charge in [0.05, 0.1) is 18.4 Å². The number of benzene rings is 1. The number of hydrogen-bond acceptors (Lipinski definition) is 9. The summed E-state index contributed by atoms with van der Waals surface area (Å²) in [6.45, 7) is 4.07. The minimum absolute atomic E-state index is 0.209. The normalized spacial score (nSPS) is 14.6. The Balaban J connectivity index is 1.35. The van der Waals surface area contributed by atoms with Gasteiger partial charge in [-0.1, -0.05) is 13.0 Å². The third-order valence-electron chi connectivity index (χ3n) is 5.62. The van der Waals surface area contributed by atoms with Gasteiger partial charge in [-0.3, -0.25) is 9.59 Å². The van der Waals surface area contributed by atoms with Gasteiger partial charge in [-0.05, 0) is 78.9 Å². The summed E-state index contributed by atoms with van der Waals surface area (Å²) in [6, 6.07) is 9.93. The molecule has 2 amide bonds. The van der Waals surface area contributed by atoms with Crippen LogP contribution < -0.4 is 15.5 Å². The second-order valence-electron chi connectivity index (χ2n) is 8.37. The number of fused-ring (bicyclic) bond motifs is 1. The number of amides is 2. The average molecular weight is 540 g/mol. The number of hydrazone groups is 1. The number of nitrogens with one attached hydrogen (secondary N) is 2. The molecule has 2 N–H and O–H groups in total. The highest BCUT2D eigenvalue weighted by Crippen LogP contribution is 2.40. The molecule has 11 heteroatoms. The van der Waals surface area contributed by atoms with Crippen LogP contribution in [0.3, 0.4) is 0 Å². The number of nitrogens with zero attached hydrogens (tertiary/aromatic N) is 1. The molecule has 9 nitrogen and oxygen atoms in total. The second kappa shape index (κ2) is 11.9. The fourth-order valence-electron chi connectivity index (χ4n) is 3.81. The van der Waals surface area contributed by atoms with E-state index in [-0.39, 0.29) is 6.61 Å². The van der Waals surface area contributed by atoms with Crippen molar-refractivity contribution < 1.29 is 28.7 Å². The molecule has 0 radical (unpaired) electrons. The van der Waals surface area contributed by atoms with Crippen molar-refractivity contribution in [2.75, 3.05) is 11.9 Å². The Morgan fingerprint density at radius 2 is 1.89 bits per heavy atom. The lowest BCUT2D eigenvalue weighted by Gasteiger charge is -2.18. The molecule has 1 aliphatic carbocycles. The zero-order valence-electron chi connectivity index (χ0n) is 20.2. The van der Waals surface area contributed by atoms with Crippen molar-refractivity contribution in [3.63, 3.8) is 0 Å². The lowest BCUT2D eigenvalue weighted by atomic mass is 9.88. The van der Waals surface area contributed by atoms with E-state index in [1.807, 2.05) is 0 Å². The first kappa shape index (κ1) is 26.2. The molecule has 0 aliphatic heterocycles. The Bertz CT molecular complexity index is 1330. The van der Waals surface area contributed by atoms with Crippen molar-refractivity contribution in [1.29, 1.82) is 0 Å². The summed E-state index contributed by atoms with van der Waals surface area (Å²) in [5, 5.41) is 8.47. The van der Waals surface area contributed by atoms with Gasteiger partial charge in [-0.2, -0.15) is 5.10 Å². The molecule has 1 aliphatic rings. The number of anilines is 1. The summed E-state index contributed by atoms with van der Waals surface area (Å²) in [4.78, 5) is 51.0. The summed E-state index contributed by atoms with van der Waals surface area (Å²) in [5.74, 6) is -2.03. The summed E-state index contributed by atoms with van der Waals surface area (Å²) < 4.78 is 10.5. The highest BCUT2D eigenvalue weighted by Gasteiger charge is 2.30. The van der Waals surface area contributed by atoms with Crippen molar-refractivity contribution in [3.8, 4) is 5.75 Å². The van der Waals surface area contributed by atoms with E-state index in [2.05, 4.69) is 22.8 Å². The van der Waals surface area contributed by atoms with E-state index in [0.717, 1.165) is 29.7 Å². The van der Waals surface area contributed by atoms with Gasteiger partial charge >= 0.3 is 23.8 Å². The van der Waals surface area contributed by atoms with Crippen LogP contribution >= 0.6 is 22.7 Å². The van der Waals surface area contributed by atoms with Crippen LogP contribution in [-0.2, 0) is 27.2 Å². The summed E-state index contributed by atoms with van der Waals surface area (Å²) in [5.41, 5.74) is 4.01. The quantitative estimate of drug-likeness (QED) is 0.151. The SMILES string of the molecule is CCOC(=O)c1c(NC(=O)C(=O)NN=Cc2ccc(OC(=O)c3cccs3)cc2)sc2c1CCC(C)C2. The van der Waals surface area contributed by atoms with Gasteiger partial charge in [-0.15, -0.1) is 22.7 Å². The lowest BCUT2D eigenvalue weighted by molar-refractivity contribution is -0.136. The number of ether oxygens (including phenoxy) is 2. The zero-order valence-corrected chi connectivity index (χ0v) is 21.9. The molecule has 0 spiro atoms. The first-order valence-electron chi connectivity index (χ1n) is 11.7. The maximum absolute atomic E-state index is 12.6. The smallest absolute Gasteiger partial charge is 0.353 e. The molecule has 0 bridgehead atoms. The molecule has 0 saturated heterocycles. The van der Waals surface area contributed by atoms with E-state index >= 15 is 0 Å². The van der Waals surface area contributed by atoms with Crippen molar-refractivity contribution in [3.05, 3.63) is 68.2 Å². The van der Waals surface area contributed by atoms with E-state index in [1.54, 1.807) is 48.7 Å². The highest BCUT2D eigenvalue weighted by atomic mass is 32.1. The van der Waals surface area contributed by atoms with Gasteiger partial charge in [0.15, 0.2) is 0 Å². The maximum Gasteiger partial charge on any atom is 0.353 e. The van der Waals surface area contributed by atoms with E-state index in [9.17, 15) is 19.2 Å².